The lowest BCUT2D eigenvalue weighted by molar-refractivity contribution is 0.0690. The third-order valence-corrected chi connectivity index (χ3v) is 2.85. The van der Waals surface area contributed by atoms with Gasteiger partial charge in [0.15, 0.2) is 5.69 Å². The number of carbonyl (C=O) groups is 1. The molecule has 3 rings (SSSR count). The van der Waals surface area contributed by atoms with Crippen LogP contribution in [0, 0.1) is 5.82 Å². The Morgan fingerprint density at radius 3 is 2.58 bits per heavy atom. The summed E-state index contributed by atoms with van der Waals surface area (Å²) in [4.78, 5) is 15.7. The zero-order valence-electron chi connectivity index (χ0n) is 9.75. The van der Waals surface area contributed by atoms with Crippen molar-refractivity contribution in [2.75, 3.05) is 0 Å². The molecule has 0 unspecified atom stereocenters. The molecular weight excluding hydrogens is 247 g/mol. The highest BCUT2D eigenvalue weighted by atomic mass is 19.1. The maximum atomic E-state index is 12.9. The van der Waals surface area contributed by atoms with Crippen LogP contribution in [0.15, 0.2) is 48.7 Å². The van der Waals surface area contributed by atoms with Gasteiger partial charge in [0.05, 0.1) is 0 Å². The van der Waals surface area contributed by atoms with Gasteiger partial charge in [0.2, 0.25) is 0 Å². The van der Waals surface area contributed by atoms with E-state index < -0.39 is 5.97 Å². The number of pyridine rings is 1. The number of rotatable bonds is 2. The van der Waals surface area contributed by atoms with E-state index in [4.69, 9.17) is 0 Å². The summed E-state index contributed by atoms with van der Waals surface area (Å²) < 4.78 is 14.4. The Bertz CT molecular complexity index is 763. The maximum Gasteiger partial charge on any atom is 0.355 e. The van der Waals surface area contributed by atoms with Crippen LogP contribution in [-0.4, -0.2) is 20.5 Å². The zero-order chi connectivity index (χ0) is 13.4. The van der Waals surface area contributed by atoms with Crippen LogP contribution in [0.4, 0.5) is 4.39 Å². The van der Waals surface area contributed by atoms with Gasteiger partial charge in [-0.2, -0.15) is 0 Å². The average molecular weight is 256 g/mol. The van der Waals surface area contributed by atoms with E-state index in [0.29, 0.717) is 16.9 Å². The number of halogens is 1. The van der Waals surface area contributed by atoms with Gasteiger partial charge < -0.3 is 5.11 Å². The van der Waals surface area contributed by atoms with Gasteiger partial charge in [0.1, 0.15) is 17.2 Å². The van der Waals surface area contributed by atoms with Crippen LogP contribution >= 0.6 is 0 Å². The van der Waals surface area contributed by atoms with Gasteiger partial charge in [-0.25, -0.2) is 14.2 Å². The maximum absolute atomic E-state index is 12.9. The van der Waals surface area contributed by atoms with E-state index in [1.165, 1.54) is 28.7 Å². The fourth-order valence-electron chi connectivity index (χ4n) is 2.01. The van der Waals surface area contributed by atoms with Gasteiger partial charge in [-0.3, -0.25) is 4.40 Å². The number of carboxylic acids is 1. The summed E-state index contributed by atoms with van der Waals surface area (Å²) in [7, 11) is 0. The van der Waals surface area contributed by atoms with E-state index in [1.807, 2.05) is 0 Å². The Morgan fingerprint density at radius 1 is 1.16 bits per heavy atom. The normalized spacial score (nSPS) is 10.8. The van der Waals surface area contributed by atoms with Crippen molar-refractivity contribution in [1.82, 2.24) is 9.38 Å². The Kier molecular flexibility index (Phi) is 2.52. The standard InChI is InChI=1S/C14H9FN2O2/c15-10-6-4-9(5-7-10)12-13(14(18)19)17-8-2-1-3-11(17)16-12/h1-8H,(H,18,19). The molecule has 0 aliphatic carbocycles. The lowest BCUT2D eigenvalue weighted by Gasteiger charge is -2.00. The van der Waals surface area contributed by atoms with Gasteiger partial charge >= 0.3 is 5.97 Å². The molecule has 19 heavy (non-hydrogen) atoms. The van der Waals surface area contributed by atoms with Crippen LogP contribution in [0.2, 0.25) is 0 Å². The summed E-state index contributed by atoms with van der Waals surface area (Å²) in [6.45, 7) is 0. The Balaban J connectivity index is 2.31. The molecule has 0 aliphatic heterocycles. The SMILES string of the molecule is O=C(O)c1c(-c2ccc(F)cc2)nc2ccccn12. The van der Waals surface area contributed by atoms with Crippen molar-refractivity contribution in [3.05, 3.63) is 60.2 Å². The fraction of sp³-hybridized carbons (Fsp3) is 0. The van der Waals surface area contributed by atoms with Gasteiger partial charge in [0, 0.05) is 11.8 Å². The molecule has 0 atom stereocenters. The van der Waals surface area contributed by atoms with Crippen LogP contribution in [0.3, 0.4) is 0 Å². The first kappa shape index (κ1) is 11.4. The molecule has 0 aliphatic rings. The number of benzene rings is 1. The second-order valence-electron chi connectivity index (χ2n) is 4.05. The Hall–Kier alpha value is -2.69. The predicted molar refractivity (Wildman–Crippen MR) is 67.5 cm³/mol. The largest absolute Gasteiger partial charge is 0.476 e. The van der Waals surface area contributed by atoms with E-state index >= 15 is 0 Å². The topological polar surface area (TPSA) is 54.6 Å². The van der Waals surface area contributed by atoms with Gasteiger partial charge in [-0.15, -0.1) is 0 Å². The summed E-state index contributed by atoms with van der Waals surface area (Å²) in [5.74, 6) is -1.44. The molecule has 0 saturated heterocycles. The Labute approximate surface area is 107 Å². The molecule has 0 saturated carbocycles. The first-order valence-electron chi connectivity index (χ1n) is 5.63. The highest BCUT2D eigenvalue weighted by Crippen LogP contribution is 2.24. The lowest BCUT2D eigenvalue weighted by atomic mass is 10.1. The van der Waals surface area contributed by atoms with Crippen molar-refractivity contribution in [3.8, 4) is 11.3 Å². The molecule has 1 aromatic carbocycles. The van der Waals surface area contributed by atoms with Crippen molar-refractivity contribution in [2.24, 2.45) is 0 Å². The summed E-state index contributed by atoms with van der Waals surface area (Å²) in [5.41, 5.74) is 1.52. The lowest BCUT2D eigenvalue weighted by Crippen LogP contribution is -2.03. The third kappa shape index (κ3) is 1.85. The smallest absolute Gasteiger partial charge is 0.355 e. The highest BCUT2D eigenvalue weighted by Gasteiger charge is 2.19. The van der Waals surface area contributed by atoms with Crippen molar-refractivity contribution >= 4 is 11.6 Å². The minimum absolute atomic E-state index is 0.0715. The molecule has 0 spiro atoms. The number of imidazole rings is 1. The molecule has 0 bridgehead atoms. The van der Waals surface area contributed by atoms with Crippen molar-refractivity contribution in [1.29, 1.82) is 0 Å². The Morgan fingerprint density at radius 2 is 1.89 bits per heavy atom. The number of nitrogens with zero attached hydrogens (tertiary/aromatic N) is 2. The molecule has 2 aromatic heterocycles. The number of aromatic carboxylic acids is 1. The molecule has 0 amide bonds. The van der Waals surface area contributed by atoms with Crippen molar-refractivity contribution < 1.29 is 14.3 Å². The predicted octanol–water partition coefficient (Wildman–Crippen LogP) is 2.84. The van der Waals surface area contributed by atoms with Gasteiger partial charge in [0.25, 0.3) is 0 Å². The van der Waals surface area contributed by atoms with E-state index in [0.717, 1.165) is 0 Å². The van der Waals surface area contributed by atoms with E-state index in [1.54, 1.807) is 24.4 Å². The fourth-order valence-corrected chi connectivity index (χ4v) is 2.01. The molecule has 4 nitrogen and oxygen atoms in total. The second kappa shape index (κ2) is 4.20. The molecule has 94 valence electrons. The minimum Gasteiger partial charge on any atom is -0.476 e. The number of aromatic nitrogens is 2. The van der Waals surface area contributed by atoms with Crippen LogP contribution < -0.4 is 0 Å². The van der Waals surface area contributed by atoms with E-state index in [-0.39, 0.29) is 11.5 Å². The molecule has 2 heterocycles. The van der Waals surface area contributed by atoms with Crippen LogP contribution in [-0.2, 0) is 0 Å². The third-order valence-electron chi connectivity index (χ3n) is 2.85. The van der Waals surface area contributed by atoms with Gasteiger partial charge in [-0.1, -0.05) is 6.07 Å². The van der Waals surface area contributed by atoms with E-state index in [2.05, 4.69) is 4.98 Å². The number of hydrogen-bond donors (Lipinski definition) is 1. The number of hydrogen-bond acceptors (Lipinski definition) is 2. The summed E-state index contributed by atoms with van der Waals surface area (Å²) in [6, 6.07) is 10.8. The summed E-state index contributed by atoms with van der Waals surface area (Å²) >= 11 is 0. The highest BCUT2D eigenvalue weighted by molar-refractivity contribution is 5.94. The van der Waals surface area contributed by atoms with Crippen molar-refractivity contribution in [3.63, 3.8) is 0 Å². The zero-order valence-corrected chi connectivity index (χ0v) is 9.75. The molecule has 0 radical (unpaired) electrons. The first-order valence-corrected chi connectivity index (χ1v) is 5.63. The molecule has 1 N–H and O–H groups in total. The second-order valence-corrected chi connectivity index (χ2v) is 4.05. The first-order chi connectivity index (χ1) is 9.16. The van der Waals surface area contributed by atoms with Gasteiger partial charge in [-0.05, 0) is 36.4 Å². The molecule has 3 aromatic rings. The summed E-state index contributed by atoms with van der Waals surface area (Å²) in [6.07, 6.45) is 1.64. The number of fused-ring (bicyclic) bond motifs is 1. The summed E-state index contributed by atoms with van der Waals surface area (Å²) in [5, 5.41) is 9.33. The van der Waals surface area contributed by atoms with Crippen molar-refractivity contribution in [2.45, 2.75) is 0 Å². The molecular formula is C14H9FN2O2. The van der Waals surface area contributed by atoms with Crippen LogP contribution in [0.1, 0.15) is 10.5 Å². The van der Waals surface area contributed by atoms with Crippen LogP contribution in [0.25, 0.3) is 16.9 Å². The van der Waals surface area contributed by atoms with E-state index in [9.17, 15) is 14.3 Å². The quantitative estimate of drug-likeness (QED) is 0.767. The number of carboxylic acid groups (broad SMARTS) is 1. The monoisotopic (exact) mass is 256 g/mol. The van der Waals surface area contributed by atoms with Crippen LogP contribution in [0.5, 0.6) is 0 Å². The average Bonchev–Trinajstić information content (AvgIpc) is 2.78. The minimum atomic E-state index is -1.07. The molecule has 5 heteroatoms. The molecule has 0 fully saturated rings.